The molecule has 4 nitrogen and oxygen atoms in total. The van der Waals surface area contributed by atoms with Crippen molar-refractivity contribution in [3.63, 3.8) is 0 Å². The highest BCUT2D eigenvalue weighted by Crippen LogP contribution is 2.23. The van der Waals surface area contributed by atoms with Crippen molar-refractivity contribution >= 4 is 17.5 Å². The van der Waals surface area contributed by atoms with Crippen LogP contribution in [0, 0.1) is 6.92 Å². The Morgan fingerprint density at radius 2 is 2.26 bits per heavy atom. The second-order valence-corrected chi connectivity index (χ2v) is 5.27. The van der Waals surface area contributed by atoms with Gasteiger partial charge in [-0.25, -0.2) is 4.98 Å². The predicted octanol–water partition coefficient (Wildman–Crippen LogP) is 2.82. The minimum atomic E-state index is -0.847. The summed E-state index contributed by atoms with van der Waals surface area (Å²) in [5.74, 6) is -0.740. The molecule has 0 aliphatic carbocycles. The summed E-state index contributed by atoms with van der Waals surface area (Å²) in [6.07, 6.45) is 1.18. The maximum Gasteiger partial charge on any atom is 0.313 e. The molecule has 2 aromatic rings. The van der Waals surface area contributed by atoms with Crippen molar-refractivity contribution in [1.82, 2.24) is 9.36 Å². The standard InChI is InChI=1S/C14H16N2O2S/c1-3-12-15-13(19-16-12)11(14(17)18)8-10-6-4-5-9(2)7-10/h4-7,11H,3,8H2,1-2H3,(H,17,18). The lowest BCUT2D eigenvalue weighted by Gasteiger charge is -2.09. The maximum atomic E-state index is 11.4. The van der Waals surface area contributed by atoms with Crippen LogP contribution in [-0.2, 0) is 17.6 Å². The maximum absolute atomic E-state index is 11.4. The van der Waals surface area contributed by atoms with E-state index in [-0.39, 0.29) is 0 Å². The van der Waals surface area contributed by atoms with E-state index in [9.17, 15) is 9.90 Å². The molecule has 0 bridgehead atoms. The average Bonchev–Trinajstić information content (AvgIpc) is 2.84. The molecule has 0 aliphatic rings. The quantitative estimate of drug-likeness (QED) is 0.912. The molecule has 1 atom stereocenters. The molecular weight excluding hydrogens is 260 g/mol. The number of nitrogens with zero attached hydrogens (tertiary/aromatic N) is 2. The van der Waals surface area contributed by atoms with Crippen molar-refractivity contribution in [1.29, 1.82) is 0 Å². The topological polar surface area (TPSA) is 63.1 Å². The van der Waals surface area contributed by atoms with Gasteiger partial charge >= 0.3 is 5.97 Å². The van der Waals surface area contributed by atoms with Crippen LogP contribution >= 0.6 is 11.5 Å². The van der Waals surface area contributed by atoms with Crippen LogP contribution in [0.3, 0.4) is 0 Å². The Bertz CT molecular complexity index is 580. The number of aryl methyl sites for hydroxylation is 2. The number of hydrogen-bond donors (Lipinski definition) is 1. The van der Waals surface area contributed by atoms with Crippen molar-refractivity contribution < 1.29 is 9.90 Å². The summed E-state index contributed by atoms with van der Waals surface area (Å²) in [6, 6.07) is 7.91. The molecule has 0 amide bonds. The molecule has 0 fully saturated rings. The van der Waals surface area contributed by atoms with E-state index in [4.69, 9.17) is 0 Å². The third-order valence-corrected chi connectivity index (χ3v) is 3.78. The van der Waals surface area contributed by atoms with Crippen molar-refractivity contribution in [3.05, 3.63) is 46.2 Å². The van der Waals surface area contributed by atoms with Gasteiger partial charge in [0.1, 0.15) is 16.7 Å². The molecular formula is C14H16N2O2S. The van der Waals surface area contributed by atoms with Crippen LogP contribution in [0.1, 0.15) is 34.8 Å². The smallest absolute Gasteiger partial charge is 0.313 e. The van der Waals surface area contributed by atoms with E-state index in [1.54, 1.807) is 0 Å². The zero-order chi connectivity index (χ0) is 13.8. The fourth-order valence-corrected chi connectivity index (χ4v) is 2.73. The van der Waals surface area contributed by atoms with Crippen LogP contribution in [-0.4, -0.2) is 20.4 Å². The lowest BCUT2D eigenvalue weighted by molar-refractivity contribution is -0.138. The first-order chi connectivity index (χ1) is 9.10. The molecule has 1 unspecified atom stereocenters. The van der Waals surface area contributed by atoms with Crippen molar-refractivity contribution in [2.24, 2.45) is 0 Å². The van der Waals surface area contributed by atoms with Gasteiger partial charge in [-0.15, -0.1) is 0 Å². The predicted molar refractivity (Wildman–Crippen MR) is 74.5 cm³/mol. The Morgan fingerprint density at radius 1 is 1.47 bits per heavy atom. The van der Waals surface area contributed by atoms with E-state index in [2.05, 4.69) is 9.36 Å². The SMILES string of the molecule is CCc1nsc(C(Cc2cccc(C)c2)C(=O)O)n1. The van der Waals surface area contributed by atoms with Gasteiger partial charge in [-0.2, -0.15) is 4.37 Å². The van der Waals surface area contributed by atoms with E-state index in [0.29, 0.717) is 11.4 Å². The van der Waals surface area contributed by atoms with Gasteiger partial charge in [-0.1, -0.05) is 36.8 Å². The second-order valence-electron chi connectivity index (χ2n) is 4.49. The molecule has 0 spiro atoms. The van der Waals surface area contributed by atoms with Gasteiger partial charge in [0.15, 0.2) is 0 Å². The summed E-state index contributed by atoms with van der Waals surface area (Å²) in [5, 5.41) is 9.97. The van der Waals surface area contributed by atoms with Gasteiger partial charge in [-0.3, -0.25) is 4.79 Å². The third-order valence-electron chi connectivity index (χ3n) is 2.92. The Morgan fingerprint density at radius 3 is 2.84 bits per heavy atom. The van der Waals surface area contributed by atoms with Crippen molar-refractivity contribution in [2.75, 3.05) is 0 Å². The minimum Gasteiger partial charge on any atom is -0.481 e. The van der Waals surface area contributed by atoms with E-state index in [0.717, 1.165) is 23.4 Å². The molecule has 0 saturated carbocycles. The summed E-state index contributed by atoms with van der Waals surface area (Å²) in [4.78, 5) is 15.7. The second kappa shape index (κ2) is 5.93. The molecule has 2 rings (SSSR count). The summed E-state index contributed by atoms with van der Waals surface area (Å²) >= 11 is 1.19. The van der Waals surface area contributed by atoms with Crippen LogP contribution in [0.15, 0.2) is 24.3 Å². The molecule has 1 aromatic heterocycles. The normalized spacial score (nSPS) is 12.3. The van der Waals surface area contributed by atoms with Gasteiger partial charge < -0.3 is 5.11 Å². The molecule has 100 valence electrons. The van der Waals surface area contributed by atoms with Gasteiger partial charge in [0.05, 0.1) is 0 Å². The molecule has 0 radical (unpaired) electrons. The molecule has 0 saturated heterocycles. The molecule has 0 aliphatic heterocycles. The number of hydrogen-bond acceptors (Lipinski definition) is 4. The van der Waals surface area contributed by atoms with Gasteiger partial charge in [0.2, 0.25) is 0 Å². The summed E-state index contributed by atoms with van der Waals surface area (Å²) < 4.78 is 4.16. The number of aromatic nitrogens is 2. The Labute approximate surface area is 116 Å². The third kappa shape index (κ3) is 3.38. The van der Waals surface area contributed by atoms with E-state index in [1.165, 1.54) is 11.5 Å². The number of carboxylic acids is 1. The highest BCUT2D eigenvalue weighted by Gasteiger charge is 2.24. The highest BCUT2D eigenvalue weighted by atomic mass is 32.1. The van der Waals surface area contributed by atoms with Gasteiger partial charge in [0, 0.05) is 6.42 Å². The van der Waals surface area contributed by atoms with Crippen LogP contribution in [0.2, 0.25) is 0 Å². The van der Waals surface area contributed by atoms with Crippen LogP contribution < -0.4 is 0 Å². The van der Waals surface area contributed by atoms with Crippen LogP contribution in [0.25, 0.3) is 0 Å². The van der Waals surface area contributed by atoms with Gasteiger partial charge in [-0.05, 0) is 30.4 Å². The van der Waals surface area contributed by atoms with Crippen LogP contribution in [0.4, 0.5) is 0 Å². The lowest BCUT2D eigenvalue weighted by Crippen LogP contribution is -2.14. The van der Waals surface area contributed by atoms with E-state index < -0.39 is 11.9 Å². The number of benzene rings is 1. The molecule has 19 heavy (non-hydrogen) atoms. The fraction of sp³-hybridized carbons (Fsp3) is 0.357. The minimum absolute atomic E-state index is 0.454. The highest BCUT2D eigenvalue weighted by molar-refractivity contribution is 7.05. The Hall–Kier alpha value is -1.75. The van der Waals surface area contributed by atoms with Crippen molar-refractivity contribution in [2.45, 2.75) is 32.6 Å². The van der Waals surface area contributed by atoms with Gasteiger partial charge in [0.25, 0.3) is 0 Å². The monoisotopic (exact) mass is 276 g/mol. The molecule has 1 N–H and O–H groups in total. The number of aliphatic carboxylic acids is 1. The van der Waals surface area contributed by atoms with E-state index >= 15 is 0 Å². The van der Waals surface area contributed by atoms with Crippen molar-refractivity contribution in [3.8, 4) is 0 Å². The van der Waals surface area contributed by atoms with E-state index in [1.807, 2.05) is 38.1 Å². The Kier molecular flexibility index (Phi) is 4.27. The summed E-state index contributed by atoms with van der Waals surface area (Å²) in [6.45, 7) is 3.96. The Balaban J connectivity index is 2.23. The fourth-order valence-electron chi connectivity index (χ4n) is 1.91. The summed E-state index contributed by atoms with van der Waals surface area (Å²) in [7, 11) is 0. The number of rotatable bonds is 5. The molecule has 5 heteroatoms. The zero-order valence-electron chi connectivity index (χ0n) is 11.0. The zero-order valence-corrected chi connectivity index (χ0v) is 11.8. The van der Waals surface area contributed by atoms with Crippen LogP contribution in [0.5, 0.6) is 0 Å². The summed E-state index contributed by atoms with van der Waals surface area (Å²) in [5.41, 5.74) is 2.15. The molecule has 1 heterocycles. The lowest BCUT2D eigenvalue weighted by atomic mass is 9.99. The largest absolute Gasteiger partial charge is 0.481 e. The first kappa shape index (κ1) is 13.7. The average molecular weight is 276 g/mol. The first-order valence-electron chi connectivity index (χ1n) is 6.21. The molecule has 1 aromatic carbocycles. The first-order valence-corrected chi connectivity index (χ1v) is 6.98. The number of carboxylic acid groups (broad SMARTS) is 1. The number of carbonyl (C=O) groups is 1.